The van der Waals surface area contributed by atoms with Gasteiger partial charge in [0.05, 0.1) is 42.7 Å². The van der Waals surface area contributed by atoms with Crippen LogP contribution in [0.5, 0.6) is 11.5 Å². The van der Waals surface area contributed by atoms with E-state index in [0.717, 1.165) is 16.0 Å². The number of benzene rings is 2. The third kappa shape index (κ3) is 4.78. The largest absolute Gasteiger partial charge is 0.493 e. The molecule has 0 bridgehead atoms. The van der Waals surface area contributed by atoms with Crippen LogP contribution in [-0.4, -0.2) is 37.6 Å². The smallest absolute Gasteiger partial charge is 0.338 e. The lowest BCUT2D eigenvalue weighted by Gasteiger charge is -2.24. The number of esters is 1. The number of nitrogens with zero attached hydrogens (tertiary/aromatic N) is 2. The second-order valence-electron chi connectivity index (χ2n) is 7.69. The maximum atomic E-state index is 13.7. The van der Waals surface area contributed by atoms with Gasteiger partial charge in [-0.15, -0.1) is 11.8 Å². The number of hydrogen-bond donors (Lipinski definition) is 0. The van der Waals surface area contributed by atoms with E-state index in [4.69, 9.17) is 14.2 Å². The minimum absolute atomic E-state index is 0.225. The molecule has 0 unspecified atom stereocenters. The molecule has 0 N–H and O–H groups in total. The maximum absolute atomic E-state index is 13.7. The number of methoxy groups -OCH3 is 2. The molecule has 0 radical (unpaired) electrons. The van der Waals surface area contributed by atoms with Gasteiger partial charge < -0.3 is 14.2 Å². The molecule has 1 aromatic heterocycles. The van der Waals surface area contributed by atoms with Gasteiger partial charge in [-0.25, -0.2) is 9.79 Å². The van der Waals surface area contributed by atoms with Crippen LogP contribution >= 0.6 is 23.1 Å². The van der Waals surface area contributed by atoms with Crippen molar-refractivity contribution in [1.82, 2.24) is 4.57 Å². The highest BCUT2D eigenvalue weighted by Gasteiger charge is 2.33. The number of aromatic nitrogens is 1. The van der Waals surface area contributed by atoms with Gasteiger partial charge in [0.25, 0.3) is 5.56 Å². The lowest BCUT2D eigenvalue weighted by molar-refractivity contribution is -0.139. The number of allylic oxidation sites excluding steroid dienone is 1. The zero-order valence-corrected chi connectivity index (χ0v) is 21.8. The van der Waals surface area contributed by atoms with Crippen LogP contribution in [0, 0.1) is 0 Å². The predicted octanol–water partition coefficient (Wildman–Crippen LogP) is 3.54. The molecule has 1 atom stereocenters. The summed E-state index contributed by atoms with van der Waals surface area (Å²) in [5.74, 6) is 0.706. The number of fused-ring (bicyclic) bond motifs is 1. The number of rotatable bonds is 7. The molecule has 0 amide bonds. The number of thiazole rings is 1. The van der Waals surface area contributed by atoms with Crippen molar-refractivity contribution in [2.75, 3.05) is 27.1 Å². The molecule has 2 heterocycles. The molecule has 3 aromatic rings. The van der Waals surface area contributed by atoms with Crippen LogP contribution in [0.25, 0.3) is 6.08 Å². The Morgan fingerprint density at radius 1 is 1.14 bits per heavy atom. The van der Waals surface area contributed by atoms with Crippen molar-refractivity contribution in [2.24, 2.45) is 4.99 Å². The Morgan fingerprint density at radius 2 is 1.86 bits per heavy atom. The van der Waals surface area contributed by atoms with Crippen LogP contribution in [0.1, 0.15) is 31.0 Å². The van der Waals surface area contributed by atoms with Gasteiger partial charge in [-0.2, -0.15) is 0 Å². The summed E-state index contributed by atoms with van der Waals surface area (Å²) in [6.07, 6.45) is 3.80. The van der Waals surface area contributed by atoms with Crippen LogP contribution < -0.4 is 24.4 Å². The predicted molar refractivity (Wildman–Crippen MR) is 138 cm³/mol. The van der Waals surface area contributed by atoms with Crippen molar-refractivity contribution in [2.45, 2.75) is 24.8 Å². The van der Waals surface area contributed by atoms with E-state index in [1.54, 1.807) is 56.5 Å². The van der Waals surface area contributed by atoms with Crippen LogP contribution in [-0.2, 0) is 9.53 Å². The highest BCUT2D eigenvalue weighted by Crippen LogP contribution is 2.32. The number of carbonyl (C=O) groups is 1. The molecule has 35 heavy (non-hydrogen) atoms. The number of hydrogen-bond acceptors (Lipinski definition) is 8. The van der Waals surface area contributed by atoms with Gasteiger partial charge in [0.1, 0.15) is 0 Å². The van der Waals surface area contributed by atoms with Gasteiger partial charge in [0.15, 0.2) is 16.3 Å². The molecule has 0 saturated carbocycles. The van der Waals surface area contributed by atoms with Crippen molar-refractivity contribution < 1.29 is 19.0 Å². The fourth-order valence-electron chi connectivity index (χ4n) is 3.99. The van der Waals surface area contributed by atoms with E-state index in [1.165, 1.54) is 11.3 Å². The van der Waals surface area contributed by atoms with Gasteiger partial charge in [0.2, 0.25) is 0 Å². The third-order valence-electron chi connectivity index (χ3n) is 5.65. The van der Waals surface area contributed by atoms with Crippen LogP contribution in [0.2, 0.25) is 0 Å². The van der Waals surface area contributed by atoms with E-state index in [9.17, 15) is 9.59 Å². The summed E-state index contributed by atoms with van der Waals surface area (Å²) in [6.45, 7) is 3.77. The average Bonchev–Trinajstić information content (AvgIpc) is 3.17. The molecule has 7 nitrogen and oxygen atoms in total. The summed E-state index contributed by atoms with van der Waals surface area (Å²) in [6, 6.07) is 12.7. The minimum Gasteiger partial charge on any atom is -0.493 e. The van der Waals surface area contributed by atoms with Gasteiger partial charge in [-0.05, 0) is 61.6 Å². The van der Waals surface area contributed by atoms with E-state index < -0.39 is 12.0 Å². The number of thioether (sulfide) groups is 1. The lowest BCUT2D eigenvalue weighted by atomic mass is 9.96. The van der Waals surface area contributed by atoms with E-state index in [1.807, 2.05) is 42.7 Å². The molecule has 0 saturated heterocycles. The molecule has 2 aromatic carbocycles. The molecule has 4 rings (SSSR count). The second-order valence-corrected chi connectivity index (χ2v) is 9.58. The first-order valence-electron chi connectivity index (χ1n) is 11.0. The first kappa shape index (κ1) is 24.8. The second kappa shape index (κ2) is 10.5. The number of ether oxygens (including phenoxy) is 3. The van der Waals surface area contributed by atoms with E-state index in [2.05, 4.69) is 4.99 Å². The molecule has 182 valence electrons. The average molecular weight is 511 g/mol. The van der Waals surface area contributed by atoms with Gasteiger partial charge >= 0.3 is 5.97 Å². The Balaban J connectivity index is 1.91. The van der Waals surface area contributed by atoms with E-state index in [-0.39, 0.29) is 12.2 Å². The zero-order valence-electron chi connectivity index (χ0n) is 20.2. The van der Waals surface area contributed by atoms with Gasteiger partial charge in [-0.1, -0.05) is 29.5 Å². The third-order valence-corrected chi connectivity index (χ3v) is 7.38. The highest BCUT2D eigenvalue weighted by atomic mass is 32.2. The lowest BCUT2D eigenvalue weighted by Crippen LogP contribution is -2.39. The van der Waals surface area contributed by atoms with Crippen LogP contribution in [0.4, 0.5) is 0 Å². The molecular formula is C26H26N2O5S2. The quantitative estimate of drug-likeness (QED) is 0.357. The molecule has 9 heteroatoms. The standard InChI is InChI=1S/C26H26N2O5S2/c1-6-33-25(30)22-15(2)27-26-28(23(22)17-8-10-18(34-5)11-9-17)24(29)21(35-26)14-16-7-12-19(31-3)20(13-16)32-4/h7-14,23H,6H2,1-5H3/b21-14-/t23-/m1/s1. The molecular weight excluding hydrogens is 484 g/mol. The fraction of sp³-hybridized carbons (Fsp3) is 0.269. The van der Waals surface area contributed by atoms with Crippen molar-refractivity contribution in [3.8, 4) is 11.5 Å². The topological polar surface area (TPSA) is 79.1 Å². The zero-order chi connectivity index (χ0) is 25.1. The fourth-order valence-corrected chi connectivity index (χ4v) is 5.44. The SMILES string of the molecule is CCOC(=O)C1=C(C)N=c2s/c(=C\c3ccc(OC)c(OC)c3)c(=O)n2[C@@H]1c1ccc(SC)cc1. The monoisotopic (exact) mass is 510 g/mol. The molecule has 1 aliphatic heterocycles. The van der Waals surface area contributed by atoms with Gasteiger partial charge in [-0.3, -0.25) is 9.36 Å². The van der Waals surface area contributed by atoms with Crippen molar-refractivity contribution >= 4 is 35.1 Å². The Morgan fingerprint density at radius 3 is 2.49 bits per heavy atom. The summed E-state index contributed by atoms with van der Waals surface area (Å²) in [5.41, 5.74) is 2.29. The number of carbonyl (C=O) groups excluding carboxylic acids is 1. The maximum Gasteiger partial charge on any atom is 0.338 e. The first-order chi connectivity index (χ1) is 16.9. The minimum atomic E-state index is -0.631. The summed E-state index contributed by atoms with van der Waals surface area (Å²) in [5, 5.41) is 0. The normalized spacial score (nSPS) is 15.5. The molecule has 1 aliphatic rings. The van der Waals surface area contributed by atoms with E-state index >= 15 is 0 Å². The Hall–Kier alpha value is -3.30. The van der Waals surface area contributed by atoms with E-state index in [0.29, 0.717) is 32.1 Å². The summed E-state index contributed by atoms with van der Waals surface area (Å²) >= 11 is 2.91. The highest BCUT2D eigenvalue weighted by molar-refractivity contribution is 7.98. The van der Waals surface area contributed by atoms with Crippen molar-refractivity contribution in [3.05, 3.63) is 84.5 Å². The molecule has 0 aliphatic carbocycles. The molecule has 0 fully saturated rings. The van der Waals surface area contributed by atoms with Crippen LogP contribution in [0.3, 0.4) is 0 Å². The van der Waals surface area contributed by atoms with Gasteiger partial charge in [0, 0.05) is 4.90 Å². The Bertz CT molecular complexity index is 1470. The summed E-state index contributed by atoms with van der Waals surface area (Å²) in [4.78, 5) is 32.9. The first-order valence-corrected chi connectivity index (χ1v) is 13.0. The Kier molecular flexibility index (Phi) is 7.47. The summed E-state index contributed by atoms with van der Waals surface area (Å²) < 4.78 is 18.1. The van der Waals surface area contributed by atoms with Crippen molar-refractivity contribution in [3.63, 3.8) is 0 Å². The molecule has 0 spiro atoms. The Labute approximate surface area is 211 Å². The summed E-state index contributed by atoms with van der Waals surface area (Å²) in [7, 11) is 3.14. The van der Waals surface area contributed by atoms with Crippen molar-refractivity contribution in [1.29, 1.82) is 0 Å². The van der Waals surface area contributed by atoms with Crippen LogP contribution in [0.15, 0.2) is 68.4 Å².